The third-order valence-corrected chi connectivity index (χ3v) is 2.76. The van der Waals surface area contributed by atoms with E-state index in [9.17, 15) is 0 Å². The molecule has 0 aliphatic rings. The molecule has 0 unspecified atom stereocenters. The second-order valence-electron chi connectivity index (χ2n) is 2.91. The Balaban J connectivity index is 2.01. The van der Waals surface area contributed by atoms with Crippen molar-refractivity contribution in [2.45, 2.75) is 17.7 Å². The highest BCUT2D eigenvalue weighted by molar-refractivity contribution is 7.98. The predicted octanol–water partition coefficient (Wildman–Crippen LogP) is 2.19. The Bertz CT molecular complexity index is 408. The lowest BCUT2D eigenvalue weighted by Gasteiger charge is -1.95. The first-order valence-electron chi connectivity index (χ1n) is 4.23. The fourth-order valence-electron chi connectivity index (χ4n) is 1.13. The summed E-state index contributed by atoms with van der Waals surface area (Å²) in [6, 6.07) is 3.80. The molecule has 2 aromatic heterocycles. The predicted molar refractivity (Wildman–Crippen MR) is 56.0 cm³/mol. The van der Waals surface area contributed by atoms with E-state index in [4.69, 9.17) is 10.2 Å². The minimum atomic E-state index is 0.624. The molecule has 2 heterocycles. The van der Waals surface area contributed by atoms with Gasteiger partial charge in [0.15, 0.2) is 0 Å². The van der Waals surface area contributed by atoms with E-state index in [1.807, 2.05) is 19.1 Å². The highest BCUT2D eigenvalue weighted by atomic mass is 32.2. The van der Waals surface area contributed by atoms with E-state index in [0.717, 1.165) is 22.4 Å². The fraction of sp³-hybridized carbons (Fsp3) is 0.222. The summed E-state index contributed by atoms with van der Waals surface area (Å²) < 4.78 is 5.20. The van der Waals surface area contributed by atoms with E-state index in [1.165, 1.54) is 0 Å². The van der Waals surface area contributed by atoms with Gasteiger partial charge in [0.1, 0.15) is 22.4 Å². The summed E-state index contributed by atoms with van der Waals surface area (Å²) in [5.41, 5.74) is 5.71. The van der Waals surface area contributed by atoms with Crippen molar-refractivity contribution in [2.75, 3.05) is 5.73 Å². The van der Waals surface area contributed by atoms with Gasteiger partial charge < -0.3 is 15.1 Å². The average molecular weight is 209 g/mol. The van der Waals surface area contributed by atoms with Gasteiger partial charge in [-0.1, -0.05) is 11.8 Å². The van der Waals surface area contributed by atoms with Gasteiger partial charge in [0.25, 0.3) is 0 Å². The highest BCUT2D eigenvalue weighted by Crippen LogP contribution is 2.25. The smallest absolute Gasteiger partial charge is 0.139 e. The molecule has 0 amide bonds. The van der Waals surface area contributed by atoms with Crippen molar-refractivity contribution in [2.24, 2.45) is 0 Å². The van der Waals surface area contributed by atoms with Crippen LogP contribution in [0, 0.1) is 6.92 Å². The summed E-state index contributed by atoms with van der Waals surface area (Å²) in [6.07, 6.45) is 1.66. The summed E-state index contributed by atoms with van der Waals surface area (Å²) >= 11 is 1.56. The summed E-state index contributed by atoms with van der Waals surface area (Å²) in [5.74, 6) is 3.14. The van der Waals surface area contributed by atoms with Crippen molar-refractivity contribution >= 4 is 17.6 Å². The van der Waals surface area contributed by atoms with Crippen LogP contribution in [0.15, 0.2) is 27.8 Å². The summed E-state index contributed by atoms with van der Waals surface area (Å²) in [7, 11) is 0. The number of nitrogens with two attached hydrogens (primary N) is 1. The maximum Gasteiger partial charge on any atom is 0.139 e. The van der Waals surface area contributed by atoms with Gasteiger partial charge in [-0.2, -0.15) is 0 Å². The van der Waals surface area contributed by atoms with Crippen LogP contribution in [0.5, 0.6) is 0 Å². The molecular weight excluding hydrogens is 198 g/mol. The number of furan rings is 1. The van der Waals surface area contributed by atoms with Crippen LogP contribution < -0.4 is 5.73 Å². The zero-order chi connectivity index (χ0) is 9.97. The second-order valence-corrected chi connectivity index (χ2v) is 3.87. The van der Waals surface area contributed by atoms with Crippen LogP contribution in [0.4, 0.5) is 5.82 Å². The number of hydrogen-bond donors (Lipinski definition) is 2. The molecule has 4 nitrogen and oxygen atoms in total. The molecule has 0 saturated heterocycles. The van der Waals surface area contributed by atoms with E-state index < -0.39 is 0 Å². The molecule has 2 rings (SSSR count). The molecule has 74 valence electrons. The standard InChI is InChI=1S/C9H11N3OS/c1-6-11-8(10)9(12-6)14-5-7-3-2-4-13-7/h2-4H,5,10H2,1H3,(H,11,12). The molecular formula is C9H11N3OS. The molecule has 0 spiro atoms. The number of nitrogen functional groups attached to an aromatic ring is 1. The lowest BCUT2D eigenvalue weighted by molar-refractivity contribution is 0.530. The summed E-state index contributed by atoms with van der Waals surface area (Å²) in [6.45, 7) is 1.88. The van der Waals surface area contributed by atoms with E-state index in [0.29, 0.717) is 5.82 Å². The SMILES string of the molecule is Cc1nc(SCc2ccco2)c(N)[nH]1. The molecule has 14 heavy (non-hydrogen) atoms. The first-order valence-corrected chi connectivity index (χ1v) is 5.21. The monoisotopic (exact) mass is 209 g/mol. The van der Waals surface area contributed by atoms with Crippen LogP contribution in [0.2, 0.25) is 0 Å². The van der Waals surface area contributed by atoms with Crippen molar-refractivity contribution in [3.8, 4) is 0 Å². The number of aromatic amines is 1. The highest BCUT2D eigenvalue weighted by Gasteiger charge is 2.06. The number of thioether (sulfide) groups is 1. The molecule has 0 saturated carbocycles. The molecule has 0 atom stereocenters. The quantitative estimate of drug-likeness (QED) is 0.760. The van der Waals surface area contributed by atoms with Crippen LogP contribution >= 0.6 is 11.8 Å². The summed E-state index contributed by atoms with van der Waals surface area (Å²) in [5, 5.41) is 0.832. The summed E-state index contributed by atoms with van der Waals surface area (Å²) in [4.78, 5) is 7.20. The molecule has 5 heteroatoms. The second kappa shape index (κ2) is 3.79. The number of aromatic nitrogens is 2. The zero-order valence-corrected chi connectivity index (χ0v) is 8.60. The van der Waals surface area contributed by atoms with E-state index >= 15 is 0 Å². The Labute approximate surface area is 85.9 Å². The van der Waals surface area contributed by atoms with Crippen molar-refractivity contribution in [3.63, 3.8) is 0 Å². The molecule has 0 aromatic carbocycles. The van der Waals surface area contributed by atoms with E-state index in [-0.39, 0.29) is 0 Å². The molecule has 2 aromatic rings. The molecule has 0 fully saturated rings. The molecule has 3 N–H and O–H groups in total. The zero-order valence-electron chi connectivity index (χ0n) is 7.78. The lowest BCUT2D eigenvalue weighted by Crippen LogP contribution is -1.86. The Hall–Kier alpha value is -1.36. The minimum Gasteiger partial charge on any atom is -0.468 e. The number of anilines is 1. The van der Waals surface area contributed by atoms with E-state index in [1.54, 1.807) is 18.0 Å². The van der Waals surface area contributed by atoms with Crippen molar-refractivity contribution < 1.29 is 4.42 Å². The molecule has 0 aliphatic carbocycles. The van der Waals surface area contributed by atoms with Crippen molar-refractivity contribution in [3.05, 3.63) is 30.0 Å². The van der Waals surface area contributed by atoms with Gasteiger partial charge in [0, 0.05) is 0 Å². The maximum atomic E-state index is 5.71. The largest absolute Gasteiger partial charge is 0.468 e. The normalized spacial score (nSPS) is 10.6. The number of aryl methyl sites for hydroxylation is 1. The van der Waals surface area contributed by atoms with Crippen LogP contribution in [0.1, 0.15) is 11.6 Å². The number of rotatable bonds is 3. The van der Waals surface area contributed by atoms with Gasteiger partial charge in [0.05, 0.1) is 12.0 Å². The van der Waals surface area contributed by atoms with Gasteiger partial charge in [0.2, 0.25) is 0 Å². The number of nitrogens with zero attached hydrogens (tertiary/aromatic N) is 1. The van der Waals surface area contributed by atoms with Gasteiger partial charge in [-0.25, -0.2) is 4.98 Å². The number of hydrogen-bond acceptors (Lipinski definition) is 4. The first kappa shape index (κ1) is 9.21. The average Bonchev–Trinajstić information content (AvgIpc) is 2.72. The van der Waals surface area contributed by atoms with Gasteiger partial charge >= 0.3 is 0 Å². The van der Waals surface area contributed by atoms with E-state index in [2.05, 4.69) is 9.97 Å². The third kappa shape index (κ3) is 1.93. The number of H-pyrrole nitrogens is 1. The first-order chi connectivity index (χ1) is 6.75. The Morgan fingerprint density at radius 3 is 3.07 bits per heavy atom. The molecule has 0 aliphatic heterocycles. The minimum absolute atomic E-state index is 0.624. The van der Waals surface area contributed by atoms with Gasteiger partial charge in [-0.3, -0.25) is 0 Å². The lowest BCUT2D eigenvalue weighted by atomic mass is 10.5. The van der Waals surface area contributed by atoms with Crippen LogP contribution in [0.25, 0.3) is 0 Å². The van der Waals surface area contributed by atoms with Crippen LogP contribution in [0.3, 0.4) is 0 Å². The van der Waals surface area contributed by atoms with Crippen LogP contribution in [-0.4, -0.2) is 9.97 Å². The van der Waals surface area contributed by atoms with Crippen molar-refractivity contribution in [1.29, 1.82) is 0 Å². The van der Waals surface area contributed by atoms with Gasteiger partial charge in [-0.15, -0.1) is 0 Å². The van der Waals surface area contributed by atoms with Crippen molar-refractivity contribution in [1.82, 2.24) is 9.97 Å². The maximum absolute atomic E-state index is 5.71. The Kier molecular flexibility index (Phi) is 2.49. The Morgan fingerprint density at radius 2 is 2.50 bits per heavy atom. The topological polar surface area (TPSA) is 67.8 Å². The van der Waals surface area contributed by atoms with Gasteiger partial charge in [-0.05, 0) is 19.1 Å². The number of nitrogens with one attached hydrogen (secondary N) is 1. The molecule has 0 radical (unpaired) electrons. The van der Waals surface area contributed by atoms with Crippen LogP contribution in [-0.2, 0) is 5.75 Å². The Morgan fingerprint density at radius 1 is 1.64 bits per heavy atom. The number of imidazole rings is 1. The fourth-order valence-corrected chi connectivity index (χ4v) is 1.98. The third-order valence-electron chi connectivity index (χ3n) is 1.75. The molecule has 0 bridgehead atoms.